The van der Waals surface area contributed by atoms with Gasteiger partial charge >= 0.3 is 5.97 Å². The first kappa shape index (κ1) is 24.8. The molecule has 0 saturated carbocycles. The van der Waals surface area contributed by atoms with Crippen LogP contribution in [0.5, 0.6) is 5.75 Å². The Labute approximate surface area is 190 Å². The number of nitrogens with zero attached hydrogens (tertiary/aromatic N) is 3. The van der Waals surface area contributed by atoms with E-state index in [-0.39, 0.29) is 5.97 Å². The molecule has 0 spiro atoms. The molecule has 1 aromatic heterocycles. The maximum Gasteiger partial charge on any atom is 0.350 e. The van der Waals surface area contributed by atoms with Gasteiger partial charge in [0.05, 0.1) is 25.5 Å². The Bertz CT molecular complexity index is 902. The van der Waals surface area contributed by atoms with Crippen LogP contribution in [0.1, 0.15) is 55.4 Å². The summed E-state index contributed by atoms with van der Waals surface area (Å²) in [6, 6.07) is 5.45. The average molecular weight is 444 g/mol. The molecule has 0 N–H and O–H groups in total. The van der Waals surface area contributed by atoms with Crippen LogP contribution in [0.25, 0.3) is 15.4 Å². The minimum atomic E-state index is -0.334. The number of ether oxygens (including phenoxy) is 2. The predicted molar refractivity (Wildman–Crippen MR) is 126 cm³/mol. The number of unbranched alkanes of at least 4 members (excludes halogenated alkanes) is 1. The lowest BCUT2D eigenvalue weighted by Crippen LogP contribution is -2.22. The molecule has 0 aliphatic carbocycles. The molecule has 0 unspecified atom stereocenters. The second-order valence-electron chi connectivity index (χ2n) is 8.08. The topological polar surface area (TPSA) is 56.0 Å². The van der Waals surface area contributed by atoms with Crippen molar-refractivity contribution < 1.29 is 14.3 Å². The molecule has 0 amide bonds. The molecule has 2 rings (SSSR count). The molecule has 1 aromatic carbocycles. The first-order valence-electron chi connectivity index (χ1n) is 10.8. The molecule has 0 saturated heterocycles. The van der Waals surface area contributed by atoms with Gasteiger partial charge < -0.3 is 14.4 Å². The van der Waals surface area contributed by atoms with Crippen LogP contribution in [0.15, 0.2) is 18.2 Å². The van der Waals surface area contributed by atoms with Crippen molar-refractivity contribution in [2.45, 2.75) is 47.0 Å². The summed E-state index contributed by atoms with van der Waals surface area (Å²) in [5, 5.41) is 0.698. The fourth-order valence-electron chi connectivity index (χ4n) is 2.93. The van der Waals surface area contributed by atoms with Crippen LogP contribution in [0.2, 0.25) is 0 Å². The van der Waals surface area contributed by atoms with Gasteiger partial charge in [0.15, 0.2) is 0 Å². The molecule has 0 fully saturated rings. The van der Waals surface area contributed by atoms with E-state index >= 15 is 0 Å². The number of rotatable bonds is 12. The average Bonchev–Trinajstić information content (AvgIpc) is 3.15. The maximum absolute atomic E-state index is 12.5. The zero-order valence-electron chi connectivity index (χ0n) is 19.2. The fourth-order valence-corrected chi connectivity index (χ4v) is 3.89. The summed E-state index contributed by atoms with van der Waals surface area (Å²) >= 11 is 1.30. The van der Waals surface area contributed by atoms with Crippen LogP contribution in [-0.2, 0) is 4.74 Å². The summed E-state index contributed by atoms with van der Waals surface area (Å²) in [5.74, 6) is 0.620. The summed E-state index contributed by atoms with van der Waals surface area (Å²) in [6.07, 6.45) is 3.17. The van der Waals surface area contributed by atoms with Gasteiger partial charge in [-0.1, -0.05) is 33.3 Å². The second-order valence-corrected chi connectivity index (χ2v) is 9.08. The molecule has 0 radical (unpaired) electrons. The number of hydrogen-bond acceptors (Lipinski definition) is 6. The number of benzene rings is 1. The number of thiazole rings is 1. The lowest BCUT2D eigenvalue weighted by molar-refractivity contribution is 0.0495. The quantitative estimate of drug-likeness (QED) is 0.229. The molecule has 0 atom stereocenters. The molecule has 1 heterocycles. The van der Waals surface area contributed by atoms with Gasteiger partial charge in [0.1, 0.15) is 15.6 Å². The van der Waals surface area contributed by atoms with Crippen molar-refractivity contribution in [1.82, 2.24) is 9.88 Å². The molecule has 7 heteroatoms. The smallest absolute Gasteiger partial charge is 0.350 e. The van der Waals surface area contributed by atoms with Crippen molar-refractivity contribution in [3.8, 4) is 16.3 Å². The second kappa shape index (κ2) is 12.4. The van der Waals surface area contributed by atoms with Gasteiger partial charge in [-0.05, 0) is 51.4 Å². The van der Waals surface area contributed by atoms with Crippen LogP contribution in [0.4, 0.5) is 5.69 Å². The lowest BCUT2D eigenvalue weighted by atomic mass is 10.2. The summed E-state index contributed by atoms with van der Waals surface area (Å²) in [6.45, 7) is 18.5. The standard InChI is InChI=1S/C24H33N3O3S/c1-7-8-12-27(6)13-9-14-29-24(28)22-18(4)26-23(31-22)19-10-11-21(20(15-19)25-5)30-16-17(2)3/h10-11,15,17H,7-9,12-14,16H2,1-4,6H3. The first-order chi connectivity index (χ1) is 14.8. The van der Waals surface area contributed by atoms with Gasteiger partial charge in [0.25, 0.3) is 0 Å². The van der Waals surface area contributed by atoms with E-state index in [0.717, 1.165) is 25.1 Å². The van der Waals surface area contributed by atoms with Gasteiger partial charge in [0, 0.05) is 12.1 Å². The minimum Gasteiger partial charge on any atom is -0.504 e. The van der Waals surface area contributed by atoms with Crippen LogP contribution >= 0.6 is 11.3 Å². The molecule has 0 aliphatic heterocycles. The zero-order valence-corrected chi connectivity index (χ0v) is 20.1. The highest BCUT2D eigenvalue weighted by Gasteiger charge is 2.18. The van der Waals surface area contributed by atoms with Gasteiger partial charge in [-0.3, -0.25) is 0 Å². The van der Waals surface area contributed by atoms with Gasteiger partial charge in [-0.15, -0.1) is 11.3 Å². The van der Waals surface area contributed by atoms with Crippen LogP contribution < -0.4 is 4.74 Å². The summed E-state index contributed by atoms with van der Waals surface area (Å²) in [4.78, 5) is 23.4. The SMILES string of the molecule is [C-]#[N+]c1cc(-c2nc(C)c(C(=O)OCCCN(C)CCCC)s2)ccc1OCC(C)C. The predicted octanol–water partition coefficient (Wildman–Crippen LogP) is 5.98. The van der Waals surface area contributed by atoms with E-state index in [0.29, 0.717) is 46.1 Å². The fraction of sp³-hybridized carbons (Fsp3) is 0.542. The van der Waals surface area contributed by atoms with Crippen molar-refractivity contribution in [2.75, 3.05) is 33.4 Å². The monoisotopic (exact) mass is 443 g/mol. The van der Waals surface area contributed by atoms with Crippen LogP contribution in [0, 0.1) is 19.4 Å². The van der Waals surface area contributed by atoms with Gasteiger partial charge in [-0.2, -0.15) is 0 Å². The summed E-state index contributed by atoms with van der Waals surface area (Å²) < 4.78 is 11.2. The highest BCUT2D eigenvalue weighted by molar-refractivity contribution is 7.17. The summed E-state index contributed by atoms with van der Waals surface area (Å²) in [5.41, 5.74) is 1.89. The normalized spacial score (nSPS) is 11.0. The largest absolute Gasteiger partial charge is 0.504 e. The number of esters is 1. The van der Waals surface area contributed by atoms with E-state index in [1.807, 2.05) is 13.0 Å². The van der Waals surface area contributed by atoms with E-state index in [2.05, 4.69) is 42.5 Å². The Kier molecular flexibility index (Phi) is 9.96. The molecule has 0 bridgehead atoms. The number of aryl methyl sites for hydroxylation is 1. The third-order valence-electron chi connectivity index (χ3n) is 4.69. The third-order valence-corrected chi connectivity index (χ3v) is 5.88. The van der Waals surface area contributed by atoms with Crippen molar-refractivity contribution >= 4 is 23.0 Å². The number of carbonyl (C=O) groups is 1. The molecular formula is C24H33N3O3S. The van der Waals surface area contributed by atoms with Crippen molar-refractivity contribution in [3.63, 3.8) is 0 Å². The van der Waals surface area contributed by atoms with Crippen LogP contribution in [-0.4, -0.2) is 49.2 Å². The van der Waals surface area contributed by atoms with Crippen molar-refractivity contribution in [3.05, 3.63) is 40.2 Å². The molecule has 31 heavy (non-hydrogen) atoms. The molecule has 0 aliphatic rings. The van der Waals surface area contributed by atoms with Gasteiger partial charge in [-0.25, -0.2) is 14.6 Å². The zero-order chi connectivity index (χ0) is 22.8. The minimum absolute atomic E-state index is 0.334. The maximum atomic E-state index is 12.5. The Morgan fingerprint density at radius 1 is 1.29 bits per heavy atom. The van der Waals surface area contributed by atoms with E-state index < -0.39 is 0 Å². The van der Waals surface area contributed by atoms with Crippen LogP contribution in [0.3, 0.4) is 0 Å². The lowest BCUT2D eigenvalue weighted by Gasteiger charge is -2.15. The molecular weight excluding hydrogens is 410 g/mol. The Morgan fingerprint density at radius 3 is 2.71 bits per heavy atom. The van der Waals surface area contributed by atoms with E-state index in [4.69, 9.17) is 16.0 Å². The first-order valence-corrected chi connectivity index (χ1v) is 11.6. The number of carbonyl (C=O) groups excluding carboxylic acids is 1. The Balaban J connectivity index is 2.00. The van der Waals surface area contributed by atoms with Gasteiger partial charge in [0.2, 0.25) is 5.69 Å². The Morgan fingerprint density at radius 2 is 2.03 bits per heavy atom. The third kappa shape index (κ3) is 7.64. The molecule has 2 aromatic rings. The highest BCUT2D eigenvalue weighted by atomic mass is 32.1. The molecule has 168 valence electrons. The van der Waals surface area contributed by atoms with E-state index in [1.54, 1.807) is 12.1 Å². The molecule has 6 nitrogen and oxygen atoms in total. The van der Waals surface area contributed by atoms with Crippen molar-refractivity contribution in [2.24, 2.45) is 5.92 Å². The summed E-state index contributed by atoms with van der Waals surface area (Å²) in [7, 11) is 2.09. The van der Waals surface area contributed by atoms with E-state index in [1.165, 1.54) is 24.2 Å². The highest BCUT2D eigenvalue weighted by Crippen LogP contribution is 2.35. The van der Waals surface area contributed by atoms with Crippen molar-refractivity contribution in [1.29, 1.82) is 0 Å². The number of hydrogen-bond donors (Lipinski definition) is 0. The number of aromatic nitrogens is 1. The Hall–Kier alpha value is -2.43. The van der Waals surface area contributed by atoms with E-state index in [9.17, 15) is 4.79 Å².